The van der Waals surface area contributed by atoms with Crippen molar-refractivity contribution in [1.82, 2.24) is 9.55 Å². The van der Waals surface area contributed by atoms with Crippen molar-refractivity contribution in [1.29, 1.82) is 0 Å². The second-order valence-electron chi connectivity index (χ2n) is 7.02. The van der Waals surface area contributed by atoms with Crippen molar-refractivity contribution in [3.8, 4) is 0 Å². The highest BCUT2D eigenvalue weighted by atomic mass is 16.3. The average Bonchev–Trinajstić information content (AvgIpc) is 2.97. The summed E-state index contributed by atoms with van der Waals surface area (Å²) in [7, 11) is 0. The zero-order chi connectivity index (χ0) is 15.0. The van der Waals surface area contributed by atoms with Crippen molar-refractivity contribution >= 4 is 11.0 Å². The third-order valence-corrected chi connectivity index (χ3v) is 5.25. The highest BCUT2D eigenvalue weighted by Crippen LogP contribution is 2.44. The van der Waals surface area contributed by atoms with Gasteiger partial charge in [0.2, 0.25) is 0 Å². The van der Waals surface area contributed by atoms with Crippen LogP contribution in [-0.4, -0.2) is 20.8 Å². The fraction of sp³-hybridized carbons (Fsp3) is 0.611. The van der Waals surface area contributed by atoms with Crippen molar-refractivity contribution in [3.05, 3.63) is 30.1 Å². The molecule has 1 aliphatic rings. The molecule has 2 atom stereocenters. The van der Waals surface area contributed by atoms with Crippen molar-refractivity contribution in [3.63, 3.8) is 0 Å². The minimum absolute atomic E-state index is 0.252. The summed E-state index contributed by atoms with van der Waals surface area (Å²) in [6, 6.07) is 8.24. The summed E-state index contributed by atoms with van der Waals surface area (Å²) in [5, 5.41) is 10.7. The van der Waals surface area contributed by atoms with Gasteiger partial charge in [-0.15, -0.1) is 0 Å². The first-order valence-electron chi connectivity index (χ1n) is 8.15. The van der Waals surface area contributed by atoms with E-state index in [1.165, 1.54) is 18.4 Å². The van der Waals surface area contributed by atoms with Crippen LogP contribution >= 0.6 is 0 Å². The largest absolute Gasteiger partial charge is 0.392 e. The Morgan fingerprint density at radius 3 is 2.81 bits per heavy atom. The first-order chi connectivity index (χ1) is 10.0. The Kier molecular flexibility index (Phi) is 3.78. The fourth-order valence-electron chi connectivity index (χ4n) is 4.03. The van der Waals surface area contributed by atoms with Crippen molar-refractivity contribution < 1.29 is 5.11 Å². The van der Waals surface area contributed by atoms with E-state index >= 15 is 0 Å². The van der Waals surface area contributed by atoms with Crippen molar-refractivity contribution in [2.75, 3.05) is 0 Å². The van der Waals surface area contributed by atoms with Crippen molar-refractivity contribution in [2.24, 2.45) is 11.3 Å². The van der Waals surface area contributed by atoms with Crippen LogP contribution in [-0.2, 0) is 13.0 Å². The second-order valence-corrected chi connectivity index (χ2v) is 7.02. The summed E-state index contributed by atoms with van der Waals surface area (Å²) < 4.78 is 2.24. The first kappa shape index (κ1) is 14.6. The smallest absolute Gasteiger partial charge is 0.112 e. The summed E-state index contributed by atoms with van der Waals surface area (Å²) in [6.45, 7) is 7.62. The molecule has 1 saturated carbocycles. The normalized spacial score (nSPS) is 22.8. The van der Waals surface area contributed by atoms with Gasteiger partial charge in [0.15, 0.2) is 0 Å². The van der Waals surface area contributed by atoms with E-state index in [9.17, 15) is 5.11 Å². The molecule has 3 nitrogen and oxygen atoms in total. The molecule has 21 heavy (non-hydrogen) atoms. The molecule has 3 rings (SSSR count). The SMILES string of the molecule is CCn1c(CC(O)C2CCCC2(C)C)nc2ccccc21. The lowest BCUT2D eigenvalue weighted by atomic mass is 9.78. The van der Waals surface area contributed by atoms with Gasteiger partial charge in [0.05, 0.1) is 17.1 Å². The number of para-hydroxylation sites is 2. The molecule has 0 spiro atoms. The van der Waals surface area contributed by atoms with Gasteiger partial charge < -0.3 is 9.67 Å². The molecular weight excluding hydrogens is 260 g/mol. The number of aromatic nitrogens is 2. The third-order valence-electron chi connectivity index (χ3n) is 5.25. The molecule has 1 heterocycles. The average molecular weight is 286 g/mol. The van der Waals surface area contributed by atoms with Crippen LogP contribution in [0, 0.1) is 11.3 Å². The molecule has 1 aromatic heterocycles. The van der Waals surface area contributed by atoms with Crippen LogP contribution in [0.3, 0.4) is 0 Å². The van der Waals surface area contributed by atoms with Crippen LogP contribution in [0.4, 0.5) is 0 Å². The number of rotatable bonds is 4. The van der Waals surface area contributed by atoms with Gasteiger partial charge in [-0.25, -0.2) is 4.98 Å². The molecule has 2 unspecified atom stereocenters. The Balaban J connectivity index is 1.87. The Morgan fingerprint density at radius 2 is 2.14 bits per heavy atom. The number of imidazole rings is 1. The van der Waals surface area contributed by atoms with Gasteiger partial charge in [0, 0.05) is 13.0 Å². The van der Waals surface area contributed by atoms with E-state index in [2.05, 4.69) is 43.5 Å². The minimum atomic E-state index is -0.287. The Bertz CT molecular complexity index is 629. The van der Waals surface area contributed by atoms with E-state index in [1.54, 1.807) is 0 Å². The fourth-order valence-corrected chi connectivity index (χ4v) is 4.03. The zero-order valence-electron chi connectivity index (χ0n) is 13.3. The van der Waals surface area contributed by atoms with Gasteiger partial charge in [0.25, 0.3) is 0 Å². The van der Waals surface area contributed by atoms with E-state index in [1.807, 2.05) is 6.07 Å². The topological polar surface area (TPSA) is 38.0 Å². The van der Waals surface area contributed by atoms with Crippen LogP contribution < -0.4 is 0 Å². The van der Waals surface area contributed by atoms with E-state index in [4.69, 9.17) is 4.98 Å². The summed E-state index contributed by atoms with van der Waals surface area (Å²) in [5.74, 6) is 1.41. The van der Waals surface area contributed by atoms with Crippen LogP contribution in [0.1, 0.15) is 45.9 Å². The molecule has 0 bridgehead atoms. The molecule has 0 radical (unpaired) electrons. The molecule has 0 saturated heterocycles. The number of nitrogens with zero attached hydrogens (tertiary/aromatic N) is 2. The van der Waals surface area contributed by atoms with Gasteiger partial charge in [-0.1, -0.05) is 32.4 Å². The van der Waals surface area contributed by atoms with Crippen molar-refractivity contribution in [2.45, 2.75) is 59.1 Å². The quantitative estimate of drug-likeness (QED) is 0.928. The summed E-state index contributed by atoms with van der Waals surface area (Å²) in [6.07, 6.45) is 3.97. The third kappa shape index (κ3) is 2.59. The van der Waals surface area contributed by atoms with E-state index in [0.717, 1.165) is 24.3 Å². The molecular formula is C18H26N2O. The molecule has 0 amide bonds. The van der Waals surface area contributed by atoms with Gasteiger partial charge >= 0.3 is 0 Å². The maximum atomic E-state index is 10.7. The summed E-state index contributed by atoms with van der Waals surface area (Å²) in [4.78, 5) is 4.75. The predicted octanol–water partition coefficient (Wildman–Crippen LogP) is 3.79. The lowest BCUT2D eigenvalue weighted by Gasteiger charge is -2.31. The lowest BCUT2D eigenvalue weighted by Crippen LogP contribution is -2.32. The molecule has 3 heteroatoms. The molecule has 1 aliphatic carbocycles. The Labute approximate surface area is 127 Å². The lowest BCUT2D eigenvalue weighted by molar-refractivity contribution is 0.0523. The number of fused-ring (bicyclic) bond motifs is 1. The highest BCUT2D eigenvalue weighted by Gasteiger charge is 2.39. The van der Waals surface area contributed by atoms with Crippen LogP contribution in [0.5, 0.6) is 0 Å². The maximum Gasteiger partial charge on any atom is 0.112 e. The number of hydrogen-bond acceptors (Lipinski definition) is 2. The van der Waals surface area contributed by atoms with Gasteiger partial charge in [-0.05, 0) is 43.2 Å². The maximum absolute atomic E-state index is 10.7. The van der Waals surface area contributed by atoms with E-state index in [-0.39, 0.29) is 11.5 Å². The van der Waals surface area contributed by atoms with E-state index in [0.29, 0.717) is 12.3 Å². The monoisotopic (exact) mass is 286 g/mol. The van der Waals surface area contributed by atoms with Crippen LogP contribution in [0.2, 0.25) is 0 Å². The molecule has 2 aromatic rings. The van der Waals surface area contributed by atoms with Gasteiger partial charge in [-0.3, -0.25) is 0 Å². The van der Waals surface area contributed by atoms with Gasteiger partial charge in [-0.2, -0.15) is 0 Å². The number of aliphatic hydroxyl groups excluding tert-OH is 1. The molecule has 1 aromatic carbocycles. The van der Waals surface area contributed by atoms with Crippen LogP contribution in [0.25, 0.3) is 11.0 Å². The number of aryl methyl sites for hydroxylation is 1. The zero-order valence-corrected chi connectivity index (χ0v) is 13.3. The molecule has 1 fully saturated rings. The predicted molar refractivity (Wildman–Crippen MR) is 86.2 cm³/mol. The van der Waals surface area contributed by atoms with Crippen LogP contribution in [0.15, 0.2) is 24.3 Å². The number of aliphatic hydroxyl groups is 1. The molecule has 1 N–H and O–H groups in total. The first-order valence-corrected chi connectivity index (χ1v) is 8.15. The standard InChI is InChI=1S/C18H26N2O/c1-4-20-15-10-6-5-9-14(15)19-17(20)12-16(21)13-8-7-11-18(13,2)3/h5-6,9-10,13,16,21H,4,7-8,11-12H2,1-3H3. The Morgan fingerprint density at radius 1 is 1.38 bits per heavy atom. The molecule has 114 valence electrons. The highest BCUT2D eigenvalue weighted by molar-refractivity contribution is 5.75. The van der Waals surface area contributed by atoms with E-state index < -0.39 is 0 Å². The number of benzene rings is 1. The minimum Gasteiger partial charge on any atom is -0.392 e. The van der Waals surface area contributed by atoms with Gasteiger partial charge in [0.1, 0.15) is 5.82 Å². The number of hydrogen-bond donors (Lipinski definition) is 1. The second kappa shape index (κ2) is 5.45. The summed E-state index contributed by atoms with van der Waals surface area (Å²) >= 11 is 0. The molecule has 0 aliphatic heterocycles. The summed E-state index contributed by atoms with van der Waals surface area (Å²) in [5.41, 5.74) is 2.46. The Hall–Kier alpha value is -1.35.